The van der Waals surface area contributed by atoms with Crippen LogP contribution in [-0.2, 0) is 6.42 Å². The first-order valence-corrected chi connectivity index (χ1v) is 9.08. The molecule has 148 valence electrons. The largest absolute Gasteiger partial charge is 0.465 e. The zero-order chi connectivity index (χ0) is 20.5. The number of aromatic amines is 1. The van der Waals surface area contributed by atoms with E-state index in [2.05, 4.69) is 15.5 Å². The number of carbonyl (C=O) groups is 2. The zero-order valence-electron chi connectivity index (χ0n) is 15.7. The van der Waals surface area contributed by atoms with Crippen LogP contribution in [0.4, 0.5) is 10.7 Å². The number of rotatable bonds is 5. The van der Waals surface area contributed by atoms with Crippen molar-refractivity contribution < 1.29 is 19.2 Å². The lowest BCUT2D eigenvalue weighted by molar-refractivity contribution is 0.0945. The highest BCUT2D eigenvalue weighted by Gasteiger charge is 2.31. The molecule has 2 aromatic heterocycles. The molecule has 3 aromatic rings. The Balaban J connectivity index is 1.65. The number of amides is 2. The van der Waals surface area contributed by atoms with Crippen LogP contribution in [0.15, 0.2) is 35.0 Å². The number of aromatic nitrogens is 2. The molecule has 8 nitrogen and oxygen atoms in total. The summed E-state index contributed by atoms with van der Waals surface area (Å²) < 4.78 is 5.07. The van der Waals surface area contributed by atoms with Gasteiger partial charge in [-0.25, -0.2) is 9.69 Å². The van der Waals surface area contributed by atoms with E-state index < -0.39 is 17.5 Å². The van der Waals surface area contributed by atoms with Crippen molar-refractivity contribution in [2.24, 2.45) is 0 Å². The summed E-state index contributed by atoms with van der Waals surface area (Å²) in [5.74, 6) is -0.441. The van der Waals surface area contributed by atoms with Gasteiger partial charge in [-0.1, -0.05) is 16.8 Å². The maximum atomic E-state index is 12.3. The SMILES string of the molecule is CC(C)(C)N(C(=O)O)c1cc(C(=O)NCCc2c[nH]c3ccc(Cl)cc23)no1. The van der Waals surface area contributed by atoms with E-state index in [1.807, 2.05) is 24.4 Å². The molecular weight excluding hydrogens is 384 g/mol. The van der Waals surface area contributed by atoms with Crippen LogP contribution >= 0.6 is 11.6 Å². The van der Waals surface area contributed by atoms with Crippen molar-refractivity contribution in [3.05, 3.63) is 46.7 Å². The molecule has 0 spiro atoms. The van der Waals surface area contributed by atoms with E-state index in [4.69, 9.17) is 16.1 Å². The molecule has 0 aliphatic heterocycles. The zero-order valence-corrected chi connectivity index (χ0v) is 16.5. The molecular formula is C19H21ClN4O4. The monoisotopic (exact) mass is 404 g/mol. The van der Waals surface area contributed by atoms with E-state index in [0.717, 1.165) is 21.4 Å². The summed E-state index contributed by atoms with van der Waals surface area (Å²) in [6.45, 7) is 5.53. The fourth-order valence-electron chi connectivity index (χ4n) is 2.95. The third-order valence-electron chi connectivity index (χ3n) is 4.22. The number of anilines is 1. The molecule has 0 aliphatic carbocycles. The third-order valence-corrected chi connectivity index (χ3v) is 4.46. The van der Waals surface area contributed by atoms with E-state index in [0.29, 0.717) is 18.0 Å². The molecule has 0 aliphatic rings. The summed E-state index contributed by atoms with van der Waals surface area (Å²) in [7, 11) is 0. The molecule has 9 heteroatoms. The molecule has 3 rings (SSSR count). The van der Waals surface area contributed by atoms with Gasteiger partial charge in [0.1, 0.15) is 0 Å². The number of carboxylic acid groups (broad SMARTS) is 1. The first-order chi connectivity index (χ1) is 13.2. The Hall–Kier alpha value is -3.00. The fourth-order valence-corrected chi connectivity index (χ4v) is 3.12. The van der Waals surface area contributed by atoms with Gasteiger partial charge in [-0.15, -0.1) is 0 Å². The van der Waals surface area contributed by atoms with Crippen LogP contribution in [-0.4, -0.2) is 39.3 Å². The number of halogens is 1. The van der Waals surface area contributed by atoms with E-state index in [9.17, 15) is 14.7 Å². The van der Waals surface area contributed by atoms with E-state index >= 15 is 0 Å². The number of H-pyrrole nitrogens is 1. The number of nitrogens with one attached hydrogen (secondary N) is 2. The molecule has 3 N–H and O–H groups in total. The average molecular weight is 405 g/mol. The maximum absolute atomic E-state index is 12.3. The third kappa shape index (κ3) is 4.12. The molecule has 0 atom stereocenters. The van der Waals surface area contributed by atoms with Gasteiger partial charge in [0.2, 0.25) is 5.88 Å². The molecule has 2 amide bonds. The second-order valence-corrected chi connectivity index (χ2v) is 7.79. The van der Waals surface area contributed by atoms with Crippen LogP contribution < -0.4 is 10.2 Å². The van der Waals surface area contributed by atoms with Crippen molar-refractivity contribution in [2.45, 2.75) is 32.7 Å². The second kappa shape index (κ2) is 7.55. The van der Waals surface area contributed by atoms with E-state index in [1.165, 1.54) is 6.07 Å². The lowest BCUT2D eigenvalue weighted by atomic mass is 10.1. The highest BCUT2D eigenvalue weighted by Crippen LogP contribution is 2.25. The van der Waals surface area contributed by atoms with Crippen molar-refractivity contribution in [1.82, 2.24) is 15.5 Å². The van der Waals surface area contributed by atoms with E-state index in [1.54, 1.807) is 20.8 Å². The van der Waals surface area contributed by atoms with Gasteiger partial charge in [-0.05, 0) is 51.0 Å². The van der Waals surface area contributed by atoms with Gasteiger partial charge in [0, 0.05) is 40.3 Å². The number of hydrogen-bond acceptors (Lipinski definition) is 4. The van der Waals surface area contributed by atoms with E-state index in [-0.39, 0.29) is 11.6 Å². The molecule has 1 aromatic carbocycles. The van der Waals surface area contributed by atoms with Crippen LogP contribution in [0.1, 0.15) is 36.8 Å². The number of fused-ring (bicyclic) bond motifs is 1. The molecule has 0 fully saturated rings. The van der Waals surface area contributed by atoms with Crippen molar-refractivity contribution in [3.8, 4) is 0 Å². The molecule has 0 unspecified atom stereocenters. The van der Waals surface area contributed by atoms with Gasteiger partial charge in [0.05, 0.1) is 0 Å². The van der Waals surface area contributed by atoms with Crippen molar-refractivity contribution >= 4 is 40.4 Å². The number of hydrogen-bond donors (Lipinski definition) is 3. The molecule has 2 heterocycles. The summed E-state index contributed by atoms with van der Waals surface area (Å²) in [6, 6.07) is 6.91. The van der Waals surface area contributed by atoms with Gasteiger partial charge < -0.3 is 19.9 Å². The first kappa shape index (κ1) is 19.8. The van der Waals surface area contributed by atoms with Crippen LogP contribution in [0.5, 0.6) is 0 Å². The number of benzene rings is 1. The van der Waals surface area contributed by atoms with Crippen molar-refractivity contribution in [1.29, 1.82) is 0 Å². The highest BCUT2D eigenvalue weighted by atomic mass is 35.5. The lowest BCUT2D eigenvalue weighted by Gasteiger charge is -2.29. The predicted molar refractivity (Wildman–Crippen MR) is 106 cm³/mol. The first-order valence-electron chi connectivity index (χ1n) is 8.70. The van der Waals surface area contributed by atoms with Crippen LogP contribution in [0.25, 0.3) is 10.9 Å². The van der Waals surface area contributed by atoms with Gasteiger partial charge >= 0.3 is 6.09 Å². The highest BCUT2D eigenvalue weighted by molar-refractivity contribution is 6.31. The summed E-state index contributed by atoms with van der Waals surface area (Å²) >= 11 is 6.05. The summed E-state index contributed by atoms with van der Waals surface area (Å²) in [5, 5.41) is 17.5. The minimum absolute atomic E-state index is 0.00331. The lowest BCUT2D eigenvalue weighted by Crippen LogP contribution is -2.45. The van der Waals surface area contributed by atoms with Gasteiger partial charge in [-0.2, -0.15) is 0 Å². The maximum Gasteiger partial charge on any atom is 0.414 e. The average Bonchev–Trinajstić information content (AvgIpc) is 3.21. The number of nitrogens with zero attached hydrogens (tertiary/aromatic N) is 2. The van der Waals surface area contributed by atoms with Crippen molar-refractivity contribution in [2.75, 3.05) is 11.4 Å². The molecule has 28 heavy (non-hydrogen) atoms. The summed E-state index contributed by atoms with van der Waals surface area (Å²) in [4.78, 5) is 28.0. The number of carbonyl (C=O) groups excluding carboxylic acids is 1. The van der Waals surface area contributed by atoms with Crippen LogP contribution in [0, 0.1) is 0 Å². The Morgan fingerprint density at radius 2 is 2.07 bits per heavy atom. The van der Waals surface area contributed by atoms with Gasteiger partial charge in [0.25, 0.3) is 5.91 Å². The summed E-state index contributed by atoms with van der Waals surface area (Å²) in [5.41, 5.74) is 1.29. The van der Waals surface area contributed by atoms with Gasteiger partial charge in [-0.3, -0.25) is 4.79 Å². The Labute approximate surface area is 166 Å². The Bertz CT molecular complexity index is 1020. The van der Waals surface area contributed by atoms with Crippen LogP contribution in [0.2, 0.25) is 5.02 Å². The smallest absolute Gasteiger partial charge is 0.414 e. The van der Waals surface area contributed by atoms with Gasteiger partial charge in [0.15, 0.2) is 5.69 Å². The summed E-state index contributed by atoms with van der Waals surface area (Å²) in [6.07, 6.45) is 1.30. The fraction of sp³-hybridized carbons (Fsp3) is 0.316. The van der Waals surface area contributed by atoms with Crippen molar-refractivity contribution in [3.63, 3.8) is 0 Å². The quantitative estimate of drug-likeness (QED) is 0.593. The Kier molecular flexibility index (Phi) is 5.33. The minimum atomic E-state index is -1.19. The minimum Gasteiger partial charge on any atom is -0.465 e. The standard InChI is InChI=1S/C19H21ClN4O4/c1-19(2,3)24(18(26)27)16-9-15(23-28-16)17(25)21-7-6-11-10-22-14-5-4-12(20)8-13(11)14/h4-5,8-10,22H,6-7H2,1-3H3,(H,21,25)(H,26,27). The topological polar surface area (TPSA) is 111 Å². The predicted octanol–water partition coefficient (Wildman–Crippen LogP) is 4.06. The Morgan fingerprint density at radius 3 is 2.75 bits per heavy atom. The normalized spacial score (nSPS) is 11.6. The molecule has 0 radical (unpaired) electrons. The molecule has 0 saturated carbocycles. The molecule has 0 saturated heterocycles. The molecule has 0 bridgehead atoms. The van der Waals surface area contributed by atoms with Crippen LogP contribution in [0.3, 0.4) is 0 Å². The Morgan fingerprint density at radius 1 is 1.32 bits per heavy atom. The second-order valence-electron chi connectivity index (χ2n) is 7.35.